The molecule has 2 N–H and O–H groups in total. The van der Waals surface area contributed by atoms with E-state index in [0.717, 1.165) is 12.0 Å². The molecule has 0 saturated carbocycles. The third-order valence-corrected chi connectivity index (χ3v) is 2.87. The normalized spacial score (nSPS) is 11.9. The van der Waals surface area contributed by atoms with Crippen LogP contribution in [0.15, 0.2) is 24.3 Å². The number of carbonyl (C=O) groups is 2. The van der Waals surface area contributed by atoms with Crippen molar-refractivity contribution in [2.45, 2.75) is 25.8 Å². The maximum absolute atomic E-state index is 11.1. The van der Waals surface area contributed by atoms with E-state index in [1.807, 2.05) is 19.1 Å². The number of carboxylic acids is 2. The van der Waals surface area contributed by atoms with E-state index in [1.165, 1.54) is 4.90 Å². The van der Waals surface area contributed by atoms with E-state index in [1.54, 1.807) is 19.2 Å². The number of carboxylic acid groups (broad SMARTS) is 2. The van der Waals surface area contributed by atoms with Crippen LogP contribution in [0.1, 0.15) is 18.9 Å². The summed E-state index contributed by atoms with van der Waals surface area (Å²) in [6.07, 6.45) is 0.475. The number of hydrogen-bond donors (Lipinski definition) is 2. The van der Waals surface area contributed by atoms with E-state index in [9.17, 15) is 9.59 Å². The predicted octanol–water partition coefficient (Wildman–Crippen LogP) is 1.61. The first kappa shape index (κ1) is 14.0. The smallest absolute Gasteiger partial charge is 0.326 e. The Morgan fingerprint density at radius 3 is 2.17 bits per heavy atom. The Morgan fingerprint density at radius 1 is 1.22 bits per heavy atom. The highest BCUT2D eigenvalue weighted by molar-refractivity contribution is 5.84. The maximum Gasteiger partial charge on any atom is 0.326 e. The summed E-state index contributed by atoms with van der Waals surface area (Å²) >= 11 is 0. The zero-order chi connectivity index (χ0) is 13.7. The van der Waals surface area contributed by atoms with Crippen LogP contribution in [0.4, 0.5) is 5.69 Å². The maximum atomic E-state index is 11.1. The van der Waals surface area contributed by atoms with Crippen LogP contribution in [0.25, 0.3) is 0 Å². The van der Waals surface area contributed by atoms with E-state index in [0.29, 0.717) is 5.69 Å². The van der Waals surface area contributed by atoms with Crippen molar-refractivity contribution in [1.29, 1.82) is 0 Å². The number of benzene rings is 1. The fourth-order valence-corrected chi connectivity index (χ4v) is 1.70. The number of anilines is 1. The van der Waals surface area contributed by atoms with Gasteiger partial charge in [-0.1, -0.05) is 19.1 Å². The zero-order valence-electron chi connectivity index (χ0n) is 10.5. The van der Waals surface area contributed by atoms with Gasteiger partial charge in [0, 0.05) is 12.7 Å². The number of likely N-dealkylation sites (N-methyl/N-ethyl adjacent to an activating group) is 1. The van der Waals surface area contributed by atoms with Crippen molar-refractivity contribution in [2.24, 2.45) is 0 Å². The van der Waals surface area contributed by atoms with Crippen LogP contribution in [-0.4, -0.2) is 35.2 Å². The molecule has 98 valence electrons. The highest BCUT2D eigenvalue weighted by atomic mass is 16.4. The van der Waals surface area contributed by atoms with Crippen molar-refractivity contribution in [3.05, 3.63) is 29.8 Å². The molecule has 18 heavy (non-hydrogen) atoms. The summed E-state index contributed by atoms with van der Waals surface area (Å²) in [7, 11) is 1.59. The lowest BCUT2D eigenvalue weighted by Gasteiger charge is -2.25. The molecule has 0 amide bonds. The fourth-order valence-electron chi connectivity index (χ4n) is 1.70. The van der Waals surface area contributed by atoms with Crippen molar-refractivity contribution >= 4 is 17.6 Å². The molecule has 0 spiro atoms. The standard InChI is InChI=1S/C13H17NO4/c1-3-9-4-6-10(7-5-9)14(2)11(13(17)18)8-12(15)16/h4-7,11H,3,8H2,1-2H3,(H,15,16)(H,17,18). The predicted molar refractivity (Wildman–Crippen MR) is 67.9 cm³/mol. The zero-order valence-corrected chi connectivity index (χ0v) is 10.5. The van der Waals surface area contributed by atoms with E-state index in [2.05, 4.69) is 0 Å². The van der Waals surface area contributed by atoms with E-state index >= 15 is 0 Å². The lowest BCUT2D eigenvalue weighted by atomic mass is 10.1. The number of aliphatic carboxylic acids is 2. The van der Waals surface area contributed by atoms with Crippen LogP contribution in [-0.2, 0) is 16.0 Å². The van der Waals surface area contributed by atoms with Crippen LogP contribution in [0.2, 0.25) is 0 Å². The van der Waals surface area contributed by atoms with Crippen molar-refractivity contribution < 1.29 is 19.8 Å². The third kappa shape index (κ3) is 3.48. The first-order valence-electron chi connectivity index (χ1n) is 5.72. The van der Waals surface area contributed by atoms with Gasteiger partial charge in [-0.25, -0.2) is 4.79 Å². The summed E-state index contributed by atoms with van der Waals surface area (Å²) < 4.78 is 0. The topological polar surface area (TPSA) is 77.8 Å². The Bertz CT molecular complexity index is 427. The summed E-state index contributed by atoms with van der Waals surface area (Å²) in [6, 6.07) is 6.36. The Kier molecular flexibility index (Phi) is 4.71. The number of aryl methyl sites for hydroxylation is 1. The molecule has 0 saturated heterocycles. The van der Waals surface area contributed by atoms with Gasteiger partial charge in [0.2, 0.25) is 0 Å². The first-order valence-corrected chi connectivity index (χ1v) is 5.72. The molecule has 0 aliphatic heterocycles. The van der Waals surface area contributed by atoms with Gasteiger partial charge in [0.15, 0.2) is 0 Å². The Balaban J connectivity index is 2.90. The molecule has 0 heterocycles. The average molecular weight is 251 g/mol. The van der Waals surface area contributed by atoms with Gasteiger partial charge in [-0.3, -0.25) is 4.79 Å². The highest BCUT2D eigenvalue weighted by Gasteiger charge is 2.25. The second-order valence-electron chi connectivity index (χ2n) is 4.08. The van der Waals surface area contributed by atoms with E-state index in [4.69, 9.17) is 10.2 Å². The molecule has 0 aliphatic rings. The number of hydrogen-bond acceptors (Lipinski definition) is 3. The quantitative estimate of drug-likeness (QED) is 0.803. The molecule has 5 heteroatoms. The van der Waals surface area contributed by atoms with E-state index < -0.39 is 24.4 Å². The van der Waals surface area contributed by atoms with E-state index in [-0.39, 0.29) is 0 Å². The second-order valence-corrected chi connectivity index (χ2v) is 4.08. The monoisotopic (exact) mass is 251 g/mol. The van der Waals surface area contributed by atoms with Crippen molar-refractivity contribution in [3.8, 4) is 0 Å². The molecular weight excluding hydrogens is 234 g/mol. The van der Waals surface area contributed by atoms with Gasteiger partial charge < -0.3 is 15.1 Å². The van der Waals surface area contributed by atoms with Crippen LogP contribution in [0.5, 0.6) is 0 Å². The third-order valence-electron chi connectivity index (χ3n) is 2.87. The summed E-state index contributed by atoms with van der Waals surface area (Å²) in [4.78, 5) is 23.2. The summed E-state index contributed by atoms with van der Waals surface area (Å²) in [5.74, 6) is -2.26. The van der Waals surface area contributed by atoms with Crippen molar-refractivity contribution in [3.63, 3.8) is 0 Å². The second kappa shape index (κ2) is 6.05. The lowest BCUT2D eigenvalue weighted by molar-refractivity contribution is -0.145. The lowest BCUT2D eigenvalue weighted by Crippen LogP contribution is -2.40. The molecule has 0 fully saturated rings. The molecule has 0 aromatic heterocycles. The molecule has 1 unspecified atom stereocenters. The van der Waals surface area contributed by atoms with Crippen molar-refractivity contribution in [1.82, 2.24) is 0 Å². The van der Waals surface area contributed by atoms with Gasteiger partial charge in [-0.2, -0.15) is 0 Å². The van der Waals surface area contributed by atoms with Crippen LogP contribution in [0.3, 0.4) is 0 Å². The molecule has 5 nitrogen and oxygen atoms in total. The van der Waals surface area contributed by atoms with Gasteiger partial charge in [0.1, 0.15) is 6.04 Å². The summed E-state index contributed by atoms with van der Waals surface area (Å²) in [5, 5.41) is 17.8. The summed E-state index contributed by atoms with van der Waals surface area (Å²) in [5.41, 5.74) is 1.85. The Morgan fingerprint density at radius 2 is 1.78 bits per heavy atom. The van der Waals surface area contributed by atoms with Gasteiger partial charge in [0.25, 0.3) is 0 Å². The SMILES string of the molecule is CCc1ccc(N(C)C(CC(=O)O)C(=O)O)cc1. The van der Waals surface area contributed by atoms with Gasteiger partial charge >= 0.3 is 11.9 Å². The first-order chi connectivity index (χ1) is 8.45. The molecule has 0 aliphatic carbocycles. The Hall–Kier alpha value is -2.04. The minimum absolute atomic E-state index is 0.429. The Labute approximate surface area is 106 Å². The minimum atomic E-state index is -1.14. The highest BCUT2D eigenvalue weighted by Crippen LogP contribution is 2.18. The molecule has 1 atom stereocenters. The molecule has 1 rings (SSSR count). The number of nitrogens with zero attached hydrogens (tertiary/aromatic N) is 1. The van der Waals surface area contributed by atoms with Gasteiger partial charge in [-0.15, -0.1) is 0 Å². The van der Waals surface area contributed by atoms with Crippen LogP contribution < -0.4 is 4.90 Å². The molecule has 0 bridgehead atoms. The molecule has 1 aromatic carbocycles. The largest absolute Gasteiger partial charge is 0.481 e. The van der Waals surface area contributed by atoms with Crippen LogP contribution >= 0.6 is 0 Å². The fraction of sp³-hybridized carbons (Fsp3) is 0.385. The minimum Gasteiger partial charge on any atom is -0.481 e. The van der Waals surface area contributed by atoms with Crippen LogP contribution in [0, 0.1) is 0 Å². The molecular formula is C13H17NO4. The number of rotatable bonds is 6. The van der Waals surface area contributed by atoms with Crippen molar-refractivity contribution in [2.75, 3.05) is 11.9 Å². The van der Waals surface area contributed by atoms with Gasteiger partial charge in [0.05, 0.1) is 6.42 Å². The summed E-state index contributed by atoms with van der Waals surface area (Å²) in [6.45, 7) is 2.03. The van der Waals surface area contributed by atoms with Gasteiger partial charge in [-0.05, 0) is 24.1 Å². The molecule has 0 radical (unpaired) electrons. The average Bonchev–Trinajstić information content (AvgIpc) is 2.34. The molecule has 1 aromatic rings.